The van der Waals surface area contributed by atoms with Gasteiger partial charge in [0.15, 0.2) is 0 Å². The summed E-state index contributed by atoms with van der Waals surface area (Å²) in [7, 11) is 3.24. The molecule has 0 aliphatic rings. The molecule has 0 aromatic heterocycles. The molecule has 1 rings (SSSR count). The zero-order valence-electron chi connectivity index (χ0n) is 6.98. The first kappa shape index (κ1) is 9.06. The van der Waals surface area contributed by atoms with Gasteiger partial charge in [0.2, 0.25) is 0 Å². The topological polar surface area (TPSA) is 34.0 Å². The van der Waals surface area contributed by atoms with E-state index in [1.165, 1.54) is 0 Å². The van der Waals surface area contributed by atoms with Crippen molar-refractivity contribution in [1.29, 1.82) is 0 Å². The van der Waals surface area contributed by atoms with E-state index >= 15 is 0 Å². The van der Waals surface area contributed by atoms with Crippen LogP contribution in [-0.2, 0) is 0 Å². The standard InChI is InChI=1S/C8H10N2OS/c1-9-10-7-4-3-6(11-2)5-8(7)12/h3-5,12H,1-2H3. The van der Waals surface area contributed by atoms with E-state index in [0.717, 1.165) is 16.3 Å². The summed E-state index contributed by atoms with van der Waals surface area (Å²) in [5.74, 6) is 0.773. The predicted molar refractivity (Wildman–Crippen MR) is 50.7 cm³/mol. The fraction of sp³-hybridized carbons (Fsp3) is 0.250. The molecule has 1 aromatic carbocycles. The molecule has 0 atom stereocenters. The monoisotopic (exact) mass is 182 g/mol. The normalized spacial score (nSPS) is 10.6. The van der Waals surface area contributed by atoms with Gasteiger partial charge in [0.25, 0.3) is 0 Å². The largest absolute Gasteiger partial charge is 0.497 e. The van der Waals surface area contributed by atoms with Crippen molar-refractivity contribution in [2.24, 2.45) is 10.2 Å². The van der Waals surface area contributed by atoms with Gasteiger partial charge in [-0.25, -0.2) is 0 Å². The Morgan fingerprint density at radius 3 is 2.67 bits per heavy atom. The van der Waals surface area contributed by atoms with Crippen molar-refractivity contribution in [3.63, 3.8) is 0 Å². The molecule has 0 saturated heterocycles. The minimum Gasteiger partial charge on any atom is -0.497 e. The smallest absolute Gasteiger partial charge is 0.120 e. The van der Waals surface area contributed by atoms with Crippen LogP contribution in [0.4, 0.5) is 5.69 Å². The highest BCUT2D eigenvalue weighted by atomic mass is 32.1. The Morgan fingerprint density at radius 1 is 1.42 bits per heavy atom. The van der Waals surface area contributed by atoms with Crippen molar-refractivity contribution < 1.29 is 4.74 Å². The van der Waals surface area contributed by atoms with E-state index in [4.69, 9.17) is 4.74 Å². The quantitative estimate of drug-likeness (QED) is 0.553. The molecule has 0 bridgehead atoms. The zero-order valence-corrected chi connectivity index (χ0v) is 7.88. The Hall–Kier alpha value is -1.03. The third kappa shape index (κ3) is 1.98. The zero-order chi connectivity index (χ0) is 8.97. The molecule has 12 heavy (non-hydrogen) atoms. The van der Waals surface area contributed by atoms with Crippen LogP contribution in [0.25, 0.3) is 0 Å². The molecule has 4 heteroatoms. The SMILES string of the molecule is CN=Nc1ccc(OC)cc1S. The summed E-state index contributed by atoms with van der Waals surface area (Å²) >= 11 is 4.22. The van der Waals surface area contributed by atoms with E-state index in [0.29, 0.717) is 0 Å². The van der Waals surface area contributed by atoms with Crippen molar-refractivity contribution in [1.82, 2.24) is 0 Å². The van der Waals surface area contributed by atoms with Crippen molar-refractivity contribution >= 4 is 18.3 Å². The van der Waals surface area contributed by atoms with Crippen LogP contribution in [-0.4, -0.2) is 14.2 Å². The van der Waals surface area contributed by atoms with E-state index < -0.39 is 0 Å². The summed E-state index contributed by atoms with van der Waals surface area (Å²) in [4.78, 5) is 0.764. The van der Waals surface area contributed by atoms with Gasteiger partial charge in [0, 0.05) is 11.9 Å². The number of hydrogen-bond donors (Lipinski definition) is 1. The molecule has 0 aliphatic carbocycles. The first-order valence-corrected chi connectivity index (χ1v) is 3.89. The summed E-state index contributed by atoms with van der Waals surface area (Å²) in [6.45, 7) is 0. The summed E-state index contributed by atoms with van der Waals surface area (Å²) in [5.41, 5.74) is 0.752. The number of azo groups is 1. The number of benzene rings is 1. The number of methoxy groups -OCH3 is 1. The number of ether oxygens (including phenoxy) is 1. The van der Waals surface area contributed by atoms with Gasteiger partial charge < -0.3 is 4.74 Å². The van der Waals surface area contributed by atoms with Crippen LogP contribution in [0.3, 0.4) is 0 Å². The molecule has 0 saturated carbocycles. The third-order valence-corrected chi connectivity index (χ3v) is 1.75. The third-order valence-electron chi connectivity index (χ3n) is 1.39. The molecule has 0 heterocycles. The molecule has 64 valence electrons. The highest BCUT2D eigenvalue weighted by Crippen LogP contribution is 2.27. The molecular formula is C8H10N2OS. The molecule has 0 N–H and O–H groups in total. The number of rotatable bonds is 2. The van der Waals surface area contributed by atoms with Gasteiger partial charge in [-0.1, -0.05) is 0 Å². The maximum Gasteiger partial charge on any atom is 0.120 e. The molecule has 0 aliphatic heterocycles. The van der Waals surface area contributed by atoms with E-state index in [1.54, 1.807) is 20.2 Å². The van der Waals surface area contributed by atoms with Crippen LogP contribution in [0.15, 0.2) is 33.3 Å². The van der Waals surface area contributed by atoms with E-state index in [-0.39, 0.29) is 0 Å². The van der Waals surface area contributed by atoms with Crippen LogP contribution in [0, 0.1) is 0 Å². The molecule has 0 amide bonds. The van der Waals surface area contributed by atoms with Crippen molar-refractivity contribution in [3.8, 4) is 5.75 Å². The Balaban J connectivity index is 3.03. The molecule has 0 spiro atoms. The average molecular weight is 182 g/mol. The van der Waals surface area contributed by atoms with E-state index in [9.17, 15) is 0 Å². The second-order valence-corrected chi connectivity index (χ2v) is 2.64. The number of nitrogens with zero attached hydrogens (tertiary/aromatic N) is 2. The van der Waals surface area contributed by atoms with Gasteiger partial charge in [-0.05, 0) is 18.2 Å². The summed E-state index contributed by atoms with van der Waals surface area (Å²) in [5, 5.41) is 7.53. The average Bonchev–Trinajstić information content (AvgIpc) is 2.09. The molecule has 3 nitrogen and oxygen atoms in total. The fourth-order valence-electron chi connectivity index (χ4n) is 0.823. The maximum absolute atomic E-state index is 5.01. The lowest BCUT2D eigenvalue weighted by Gasteiger charge is -2.01. The molecule has 1 aromatic rings. The summed E-state index contributed by atoms with van der Waals surface area (Å²) in [6.07, 6.45) is 0. The summed E-state index contributed by atoms with van der Waals surface area (Å²) in [6, 6.07) is 5.44. The van der Waals surface area contributed by atoms with Crippen molar-refractivity contribution in [2.75, 3.05) is 14.2 Å². The van der Waals surface area contributed by atoms with Crippen LogP contribution in [0.1, 0.15) is 0 Å². The Labute approximate surface area is 76.9 Å². The molecular weight excluding hydrogens is 172 g/mol. The maximum atomic E-state index is 5.01. The Bertz CT molecular complexity index is 299. The lowest BCUT2D eigenvalue weighted by Crippen LogP contribution is -1.81. The van der Waals surface area contributed by atoms with E-state index in [1.807, 2.05) is 12.1 Å². The number of hydrogen-bond acceptors (Lipinski definition) is 4. The first-order valence-electron chi connectivity index (χ1n) is 3.44. The van der Waals surface area contributed by atoms with Crippen molar-refractivity contribution in [3.05, 3.63) is 18.2 Å². The lowest BCUT2D eigenvalue weighted by molar-refractivity contribution is 0.414. The number of thiol groups is 1. The minimum absolute atomic E-state index is 0.752. The Morgan fingerprint density at radius 2 is 2.17 bits per heavy atom. The predicted octanol–water partition coefficient (Wildman–Crippen LogP) is 2.70. The van der Waals surface area contributed by atoms with Gasteiger partial charge in [-0.2, -0.15) is 10.2 Å². The van der Waals surface area contributed by atoms with Gasteiger partial charge in [-0.15, -0.1) is 12.6 Å². The van der Waals surface area contributed by atoms with Crippen molar-refractivity contribution in [2.45, 2.75) is 4.90 Å². The molecule has 0 unspecified atom stereocenters. The second kappa shape index (κ2) is 4.11. The lowest BCUT2D eigenvalue weighted by atomic mass is 10.3. The van der Waals surface area contributed by atoms with E-state index in [2.05, 4.69) is 22.9 Å². The Kier molecular flexibility index (Phi) is 3.10. The van der Waals surface area contributed by atoms with Crippen LogP contribution >= 0.6 is 12.6 Å². The van der Waals surface area contributed by atoms with Gasteiger partial charge in [-0.3, -0.25) is 0 Å². The highest BCUT2D eigenvalue weighted by molar-refractivity contribution is 7.80. The minimum atomic E-state index is 0.752. The fourth-order valence-corrected chi connectivity index (χ4v) is 1.07. The second-order valence-electron chi connectivity index (χ2n) is 2.15. The molecule has 0 fully saturated rings. The molecule has 0 radical (unpaired) electrons. The summed E-state index contributed by atoms with van der Waals surface area (Å²) < 4.78 is 5.01. The van der Waals surface area contributed by atoms with Gasteiger partial charge in [0.1, 0.15) is 5.75 Å². The van der Waals surface area contributed by atoms with Crippen LogP contribution < -0.4 is 4.74 Å². The first-order chi connectivity index (χ1) is 5.77. The van der Waals surface area contributed by atoms with Crippen LogP contribution in [0.5, 0.6) is 5.75 Å². The van der Waals surface area contributed by atoms with Crippen LogP contribution in [0.2, 0.25) is 0 Å². The van der Waals surface area contributed by atoms with Gasteiger partial charge in [0.05, 0.1) is 12.8 Å². The highest BCUT2D eigenvalue weighted by Gasteiger charge is 1.98. The van der Waals surface area contributed by atoms with Gasteiger partial charge >= 0.3 is 0 Å².